The molecule has 1 amide bonds. The molecule has 0 saturated heterocycles. The molecule has 8 heteroatoms. The Hall–Kier alpha value is -1.54. The van der Waals surface area contributed by atoms with Gasteiger partial charge in [-0.25, -0.2) is 4.98 Å². The third kappa shape index (κ3) is 4.40. The molecular weight excluding hydrogens is 456 g/mol. The van der Waals surface area contributed by atoms with Crippen LogP contribution in [-0.4, -0.2) is 29.4 Å². The zero-order valence-electron chi connectivity index (χ0n) is 13.7. The summed E-state index contributed by atoms with van der Waals surface area (Å²) in [6.45, 7) is 0.302. The van der Waals surface area contributed by atoms with Gasteiger partial charge >= 0.3 is 0 Å². The highest BCUT2D eigenvalue weighted by Gasteiger charge is 2.13. The van der Waals surface area contributed by atoms with Crippen LogP contribution < -0.4 is 10.1 Å². The Morgan fingerprint density at radius 2 is 2.19 bits per heavy atom. The van der Waals surface area contributed by atoms with Gasteiger partial charge in [-0.3, -0.25) is 4.79 Å². The van der Waals surface area contributed by atoms with E-state index in [-0.39, 0.29) is 5.91 Å². The lowest BCUT2D eigenvalue weighted by atomic mass is 10.2. The number of thiocarbonyl (C=S) groups is 1. The molecule has 0 spiro atoms. The zero-order chi connectivity index (χ0) is 18.7. The number of hydrogen-bond donors (Lipinski definition) is 1. The molecular formula is C18H14BrClN2O2S2. The summed E-state index contributed by atoms with van der Waals surface area (Å²) in [5.41, 5.74) is 1.36. The van der Waals surface area contributed by atoms with Crippen LogP contribution in [0.2, 0.25) is 5.02 Å². The smallest absolute Gasteiger partial charge is 0.252 e. The molecule has 26 heavy (non-hydrogen) atoms. The average Bonchev–Trinajstić information content (AvgIpc) is 3.01. The number of fused-ring (bicyclic) bond motifs is 1. The molecule has 1 heterocycles. The van der Waals surface area contributed by atoms with Crippen molar-refractivity contribution < 1.29 is 9.53 Å². The van der Waals surface area contributed by atoms with E-state index in [0.29, 0.717) is 32.9 Å². The number of ether oxygens (including phenoxy) is 1. The van der Waals surface area contributed by atoms with Crippen molar-refractivity contribution in [3.63, 3.8) is 0 Å². The molecule has 0 aliphatic heterocycles. The average molecular weight is 470 g/mol. The highest BCUT2D eigenvalue weighted by atomic mass is 79.9. The Kier molecular flexibility index (Phi) is 6.24. The second kappa shape index (κ2) is 8.43. The maximum absolute atomic E-state index is 12.3. The molecule has 0 aliphatic carbocycles. The number of methoxy groups -OCH3 is 1. The van der Waals surface area contributed by atoms with Crippen molar-refractivity contribution in [2.75, 3.05) is 13.7 Å². The van der Waals surface area contributed by atoms with E-state index < -0.39 is 0 Å². The van der Waals surface area contributed by atoms with Crippen LogP contribution in [0.1, 0.15) is 15.4 Å². The van der Waals surface area contributed by atoms with Gasteiger partial charge in [0.05, 0.1) is 22.4 Å². The predicted molar refractivity (Wildman–Crippen MR) is 114 cm³/mol. The van der Waals surface area contributed by atoms with Crippen molar-refractivity contribution in [1.82, 2.24) is 10.3 Å². The molecule has 0 atom stereocenters. The molecule has 2 aromatic carbocycles. The van der Waals surface area contributed by atoms with Crippen LogP contribution in [0.15, 0.2) is 40.9 Å². The molecule has 3 aromatic rings. The maximum Gasteiger partial charge on any atom is 0.252 e. The third-order valence-electron chi connectivity index (χ3n) is 3.62. The number of rotatable bonds is 6. The topological polar surface area (TPSA) is 51.2 Å². The molecule has 0 saturated carbocycles. The van der Waals surface area contributed by atoms with Crippen LogP contribution in [0.4, 0.5) is 0 Å². The van der Waals surface area contributed by atoms with E-state index in [1.165, 1.54) is 0 Å². The van der Waals surface area contributed by atoms with E-state index in [9.17, 15) is 4.79 Å². The Bertz CT molecular complexity index is 990. The molecule has 0 fully saturated rings. The molecule has 0 radical (unpaired) electrons. The lowest BCUT2D eigenvalue weighted by Crippen LogP contribution is -2.29. The van der Waals surface area contributed by atoms with Crippen molar-refractivity contribution in [3.8, 4) is 5.75 Å². The first-order valence-electron chi connectivity index (χ1n) is 7.65. The number of halogens is 2. The van der Waals surface area contributed by atoms with Gasteiger partial charge in [0.2, 0.25) is 0 Å². The molecule has 134 valence electrons. The second-order valence-electron chi connectivity index (χ2n) is 5.44. The van der Waals surface area contributed by atoms with Crippen molar-refractivity contribution in [2.45, 2.75) is 6.42 Å². The van der Waals surface area contributed by atoms with Gasteiger partial charge in [-0.2, -0.15) is 0 Å². The number of carbonyl (C=O) groups excluding carboxylic acids is 1. The standard InChI is InChI=1S/C18H14BrClN2O2S2/c1-24-14-3-2-4-15-17(14)22-16(26-15)8-11(25)9-21-18(23)12-6-5-10(20)7-13(12)19/h2-7H,8-9H2,1H3,(H,21,23). The van der Waals surface area contributed by atoms with Crippen LogP contribution in [0.5, 0.6) is 5.75 Å². The summed E-state index contributed by atoms with van der Waals surface area (Å²) in [6.07, 6.45) is 0.528. The normalized spacial score (nSPS) is 10.7. The van der Waals surface area contributed by atoms with E-state index in [1.54, 1.807) is 36.6 Å². The van der Waals surface area contributed by atoms with Gasteiger partial charge in [0.15, 0.2) is 0 Å². The van der Waals surface area contributed by atoms with Crippen LogP contribution in [-0.2, 0) is 6.42 Å². The summed E-state index contributed by atoms with van der Waals surface area (Å²) in [6, 6.07) is 10.9. The Balaban J connectivity index is 1.63. The van der Waals surface area contributed by atoms with Crippen LogP contribution in [0.25, 0.3) is 10.2 Å². The number of carbonyl (C=O) groups is 1. The van der Waals surface area contributed by atoms with Crippen molar-refractivity contribution in [3.05, 3.63) is 56.5 Å². The Morgan fingerprint density at radius 1 is 1.38 bits per heavy atom. The van der Waals surface area contributed by atoms with E-state index >= 15 is 0 Å². The summed E-state index contributed by atoms with van der Waals surface area (Å²) in [5.74, 6) is 0.540. The van der Waals surface area contributed by atoms with Gasteiger partial charge in [0, 0.05) is 27.3 Å². The minimum atomic E-state index is -0.207. The maximum atomic E-state index is 12.3. The number of nitrogens with zero attached hydrogens (tertiary/aromatic N) is 1. The van der Waals surface area contributed by atoms with E-state index in [4.69, 9.17) is 28.6 Å². The fourth-order valence-electron chi connectivity index (χ4n) is 2.39. The zero-order valence-corrected chi connectivity index (χ0v) is 17.7. The quantitative estimate of drug-likeness (QED) is 0.513. The van der Waals surface area contributed by atoms with E-state index in [0.717, 1.165) is 21.0 Å². The number of para-hydroxylation sites is 1. The van der Waals surface area contributed by atoms with E-state index in [2.05, 4.69) is 26.2 Å². The SMILES string of the molecule is COc1cccc2sc(CC(=S)CNC(=O)c3ccc(Cl)cc3Br)nc12. The Morgan fingerprint density at radius 3 is 2.92 bits per heavy atom. The number of hydrogen-bond acceptors (Lipinski definition) is 5. The Labute approximate surface area is 173 Å². The molecule has 4 nitrogen and oxygen atoms in total. The number of aromatic nitrogens is 1. The van der Waals surface area contributed by atoms with Gasteiger partial charge in [0.1, 0.15) is 11.3 Å². The second-order valence-corrected chi connectivity index (χ2v) is 8.42. The first-order chi connectivity index (χ1) is 12.5. The third-order valence-corrected chi connectivity index (χ3v) is 5.82. The monoisotopic (exact) mass is 468 g/mol. The van der Waals surface area contributed by atoms with Crippen molar-refractivity contribution >= 4 is 72.1 Å². The van der Waals surface area contributed by atoms with Crippen molar-refractivity contribution in [2.24, 2.45) is 0 Å². The first-order valence-corrected chi connectivity index (χ1v) is 10.0. The largest absolute Gasteiger partial charge is 0.494 e. The fraction of sp³-hybridized carbons (Fsp3) is 0.167. The fourth-order valence-corrected chi connectivity index (χ4v) is 4.58. The number of nitrogens with one attached hydrogen (secondary N) is 1. The van der Waals surface area contributed by atoms with Gasteiger partial charge < -0.3 is 10.1 Å². The summed E-state index contributed by atoms with van der Waals surface area (Å²) < 4.78 is 7.03. The lowest BCUT2D eigenvalue weighted by Gasteiger charge is -2.07. The van der Waals surface area contributed by atoms with Crippen LogP contribution in [0.3, 0.4) is 0 Å². The van der Waals surface area contributed by atoms with Crippen LogP contribution in [0, 0.1) is 0 Å². The number of thiazole rings is 1. The molecule has 0 bridgehead atoms. The summed E-state index contributed by atoms with van der Waals surface area (Å²) in [5, 5.41) is 4.30. The lowest BCUT2D eigenvalue weighted by molar-refractivity contribution is 0.0958. The van der Waals surface area contributed by atoms with Gasteiger partial charge in [-0.15, -0.1) is 11.3 Å². The highest BCUT2D eigenvalue weighted by molar-refractivity contribution is 9.10. The van der Waals surface area contributed by atoms with Crippen LogP contribution >= 0.6 is 51.1 Å². The summed E-state index contributed by atoms with van der Waals surface area (Å²) >= 11 is 16.2. The molecule has 1 aromatic heterocycles. The summed E-state index contributed by atoms with van der Waals surface area (Å²) in [7, 11) is 1.63. The van der Waals surface area contributed by atoms with Crippen molar-refractivity contribution in [1.29, 1.82) is 0 Å². The number of amides is 1. The molecule has 0 aliphatic rings. The predicted octanol–water partition coefficient (Wildman–Crippen LogP) is 5.06. The summed E-state index contributed by atoms with van der Waals surface area (Å²) in [4.78, 5) is 17.6. The van der Waals surface area contributed by atoms with Gasteiger partial charge in [-0.1, -0.05) is 29.9 Å². The number of benzene rings is 2. The van der Waals surface area contributed by atoms with Gasteiger partial charge in [-0.05, 0) is 46.3 Å². The highest BCUT2D eigenvalue weighted by Crippen LogP contribution is 2.29. The van der Waals surface area contributed by atoms with E-state index in [1.807, 2.05) is 18.2 Å². The minimum Gasteiger partial charge on any atom is -0.494 e. The molecule has 0 unspecified atom stereocenters. The first kappa shape index (κ1) is 19.2. The molecule has 3 rings (SSSR count). The van der Waals surface area contributed by atoms with Gasteiger partial charge in [0.25, 0.3) is 5.91 Å². The minimum absolute atomic E-state index is 0.207. The molecule has 1 N–H and O–H groups in total.